The van der Waals surface area contributed by atoms with Crippen molar-refractivity contribution >= 4 is 23.5 Å². The van der Waals surface area contributed by atoms with Crippen molar-refractivity contribution in [3.05, 3.63) is 77.6 Å². The summed E-state index contributed by atoms with van der Waals surface area (Å²) < 4.78 is 5.76. The van der Waals surface area contributed by atoms with Crippen molar-refractivity contribution in [1.29, 1.82) is 0 Å². The van der Waals surface area contributed by atoms with Gasteiger partial charge in [-0.2, -0.15) is 0 Å². The van der Waals surface area contributed by atoms with E-state index in [0.29, 0.717) is 11.3 Å². The maximum atomic E-state index is 12.7. The Morgan fingerprint density at radius 3 is 2.59 bits per heavy atom. The number of benzene rings is 2. The van der Waals surface area contributed by atoms with Crippen LogP contribution in [0.5, 0.6) is 0 Å². The molecule has 0 unspecified atom stereocenters. The molecular formula is C22H19NO3S. The molecule has 1 aromatic heterocycles. The lowest BCUT2D eigenvalue weighted by molar-refractivity contribution is 0.0907. The topological polar surface area (TPSA) is 59.3 Å². The largest absolute Gasteiger partial charge is 0.451 e. The van der Waals surface area contributed by atoms with Gasteiger partial charge in [0.2, 0.25) is 0 Å². The van der Waals surface area contributed by atoms with Gasteiger partial charge in [-0.15, -0.1) is 11.8 Å². The Morgan fingerprint density at radius 2 is 1.81 bits per heavy atom. The van der Waals surface area contributed by atoms with Crippen molar-refractivity contribution < 1.29 is 14.0 Å². The molecule has 3 aromatic rings. The van der Waals surface area contributed by atoms with E-state index in [1.807, 2.05) is 36.0 Å². The monoisotopic (exact) mass is 377 g/mol. The summed E-state index contributed by atoms with van der Waals surface area (Å²) in [7, 11) is 0. The zero-order valence-electron chi connectivity index (χ0n) is 14.9. The number of hydrogen-bond donors (Lipinski definition) is 1. The van der Waals surface area contributed by atoms with E-state index >= 15 is 0 Å². The minimum atomic E-state index is -0.215. The Bertz CT molecular complexity index is 991. The molecule has 1 aliphatic heterocycles. The van der Waals surface area contributed by atoms with Gasteiger partial charge in [0, 0.05) is 21.8 Å². The van der Waals surface area contributed by atoms with E-state index in [-0.39, 0.29) is 23.5 Å². The molecule has 0 fully saturated rings. The van der Waals surface area contributed by atoms with Crippen LogP contribution in [0, 0.1) is 0 Å². The highest BCUT2D eigenvalue weighted by Crippen LogP contribution is 2.36. The number of carbonyl (C=O) groups is 2. The summed E-state index contributed by atoms with van der Waals surface area (Å²) in [6.07, 6.45) is 0.896. The Hall–Kier alpha value is -2.79. The van der Waals surface area contributed by atoms with Gasteiger partial charge in [-0.25, -0.2) is 0 Å². The van der Waals surface area contributed by atoms with Crippen molar-refractivity contribution in [1.82, 2.24) is 5.32 Å². The molecular weight excluding hydrogens is 358 g/mol. The Labute approximate surface area is 162 Å². The average molecular weight is 377 g/mol. The second kappa shape index (κ2) is 7.45. The first kappa shape index (κ1) is 17.6. The van der Waals surface area contributed by atoms with Crippen molar-refractivity contribution in [3.63, 3.8) is 0 Å². The SMILES string of the molecule is CC(=O)c1ccc(-c2ccc(C(=O)N[C@@H]3CCSc4ccccc43)o2)cc1. The van der Waals surface area contributed by atoms with Gasteiger partial charge >= 0.3 is 0 Å². The number of hydrogen-bond acceptors (Lipinski definition) is 4. The molecule has 0 spiro atoms. The number of fused-ring (bicyclic) bond motifs is 1. The molecule has 0 saturated heterocycles. The number of nitrogens with one attached hydrogen (secondary N) is 1. The zero-order valence-corrected chi connectivity index (χ0v) is 15.7. The maximum Gasteiger partial charge on any atom is 0.287 e. The molecule has 2 aromatic carbocycles. The molecule has 2 heterocycles. The van der Waals surface area contributed by atoms with Gasteiger partial charge in [-0.3, -0.25) is 9.59 Å². The molecule has 1 amide bonds. The molecule has 1 aliphatic rings. The van der Waals surface area contributed by atoms with Gasteiger partial charge < -0.3 is 9.73 Å². The van der Waals surface area contributed by atoms with Crippen LogP contribution >= 0.6 is 11.8 Å². The summed E-state index contributed by atoms with van der Waals surface area (Å²) >= 11 is 1.82. The molecule has 136 valence electrons. The first-order valence-corrected chi connectivity index (χ1v) is 9.84. The Morgan fingerprint density at radius 1 is 1.04 bits per heavy atom. The van der Waals surface area contributed by atoms with Crippen LogP contribution in [0.4, 0.5) is 0 Å². The normalized spacial score (nSPS) is 15.8. The molecule has 0 radical (unpaired) electrons. The minimum absolute atomic E-state index is 0.00153. The van der Waals surface area contributed by atoms with Crippen LogP contribution < -0.4 is 5.32 Å². The molecule has 4 nitrogen and oxygen atoms in total. The number of Topliss-reactive ketones (excluding diaryl/α,β-unsaturated/α-hetero) is 1. The third kappa shape index (κ3) is 3.69. The minimum Gasteiger partial charge on any atom is -0.451 e. The quantitative estimate of drug-likeness (QED) is 0.642. The maximum absolute atomic E-state index is 12.7. The number of carbonyl (C=O) groups excluding carboxylic acids is 2. The first-order valence-electron chi connectivity index (χ1n) is 8.85. The highest BCUT2D eigenvalue weighted by Gasteiger charge is 2.23. The Kier molecular flexibility index (Phi) is 4.86. The van der Waals surface area contributed by atoms with Crippen LogP contribution in [0.1, 0.15) is 45.9 Å². The van der Waals surface area contributed by atoms with E-state index in [4.69, 9.17) is 4.42 Å². The van der Waals surface area contributed by atoms with Crippen LogP contribution in [0.2, 0.25) is 0 Å². The average Bonchev–Trinajstić information content (AvgIpc) is 3.19. The van der Waals surface area contributed by atoms with Crippen molar-refractivity contribution in [2.75, 3.05) is 5.75 Å². The zero-order chi connectivity index (χ0) is 18.8. The fraction of sp³-hybridized carbons (Fsp3) is 0.182. The third-order valence-electron chi connectivity index (χ3n) is 4.67. The van der Waals surface area contributed by atoms with Gasteiger partial charge in [0.25, 0.3) is 5.91 Å². The van der Waals surface area contributed by atoms with Crippen LogP contribution in [0.15, 0.2) is 70.0 Å². The third-order valence-corrected chi connectivity index (χ3v) is 5.79. The van der Waals surface area contributed by atoms with Crippen molar-refractivity contribution in [2.45, 2.75) is 24.3 Å². The van der Waals surface area contributed by atoms with E-state index in [9.17, 15) is 9.59 Å². The van der Waals surface area contributed by atoms with Crippen molar-refractivity contribution in [2.24, 2.45) is 0 Å². The van der Waals surface area contributed by atoms with E-state index in [0.717, 1.165) is 23.3 Å². The lowest BCUT2D eigenvalue weighted by atomic mass is 10.0. The number of ketones is 1. The lowest BCUT2D eigenvalue weighted by Crippen LogP contribution is -2.30. The van der Waals surface area contributed by atoms with E-state index < -0.39 is 0 Å². The molecule has 0 saturated carbocycles. The second-order valence-corrected chi connectivity index (χ2v) is 7.64. The first-order chi connectivity index (χ1) is 13.1. The number of furan rings is 1. The summed E-state index contributed by atoms with van der Waals surface area (Å²) in [6, 6.07) is 18.8. The molecule has 27 heavy (non-hydrogen) atoms. The van der Waals surface area contributed by atoms with E-state index in [2.05, 4.69) is 17.4 Å². The molecule has 1 N–H and O–H groups in total. The predicted molar refractivity (Wildman–Crippen MR) is 106 cm³/mol. The van der Waals surface area contributed by atoms with Crippen LogP contribution in [-0.4, -0.2) is 17.4 Å². The summed E-state index contributed by atoms with van der Waals surface area (Å²) in [5.74, 6) is 1.68. The van der Waals surface area contributed by atoms with Gasteiger partial charge in [0.15, 0.2) is 11.5 Å². The highest BCUT2D eigenvalue weighted by molar-refractivity contribution is 7.99. The van der Waals surface area contributed by atoms with Gasteiger partial charge in [-0.1, -0.05) is 42.5 Å². The molecule has 4 rings (SSSR count). The van der Waals surface area contributed by atoms with E-state index in [1.54, 1.807) is 24.3 Å². The molecule has 5 heteroatoms. The predicted octanol–water partition coefficient (Wildman–Crippen LogP) is 5.12. The Balaban J connectivity index is 1.50. The van der Waals surface area contributed by atoms with Crippen LogP contribution in [-0.2, 0) is 0 Å². The highest BCUT2D eigenvalue weighted by atomic mass is 32.2. The summed E-state index contributed by atoms with van der Waals surface area (Å²) in [4.78, 5) is 25.3. The molecule has 0 aliphatic carbocycles. The van der Waals surface area contributed by atoms with E-state index in [1.165, 1.54) is 11.8 Å². The lowest BCUT2D eigenvalue weighted by Gasteiger charge is -2.25. The molecule has 1 atom stereocenters. The summed E-state index contributed by atoms with van der Waals surface area (Å²) in [6.45, 7) is 1.53. The van der Waals surface area contributed by atoms with Crippen LogP contribution in [0.3, 0.4) is 0 Å². The second-order valence-electron chi connectivity index (χ2n) is 6.50. The summed E-state index contributed by atoms with van der Waals surface area (Å²) in [5, 5.41) is 3.09. The van der Waals surface area contributed by atoms with Gasteiger partial charge in [-0.05, 0) is 37.1 Å². The fourth-order valence-electron chi connectivity index (χ4n) is 3.21. The van der Waals surface area contributed by atoms with Gasteiger partial charge in [0.05, 0.1) is 6.04 Å². The number of rotatable bonds is 4. The summed E-state index contributed by atoms with van der Waals surface area (Å²) in [5.41, 5.74) is 2.64. The number of amides is 1. The van der Waals surface area contributed by atoms with Crippen LogP contribution in [0.25, 0.3) is 11.3 Å². The molecule has 0 bridgehead atoms. The standard InChI is InChI=1S/C22H19NO3S/c1-14(24)15-6-8-16(9-7-15)19-10-11-20(26-19)22(25)23-18-12-13-27-21-5-3-2-4-17(18)21/h2-11,18H,12-13H2,1H3,(H,23,25)/t18-/m1/s1. The fourth-order valence-corrected chi connectivity index (χ4v) is 4.33. The van der Waals surface area contributed by atoms with Gasteiger partial charge in [0.1, 0.15) is 5.76 Å². The smallest absolute Gasteiger partial charge is 0.287 e. The van der Waals surface area contributed by atoms with Crippen molar-refractivity contribution in [3.8, 4) is 11.3 Å². The number of thioether (sulfide) groups is 1.